The van der Waals surface area contributed by atoms with Gasteiger partial charge in [0.2, 0.25) is 0 Å². The number of allylic oxidation sites excluding steroid dienone is 2. The smallest absolute Gasteiger partial charge is 0.334 e. The third-order valence-corrected chi connectivity index (χ3v) is 3.77. The van der Waals surface area contributed by atoms with Crippen LogP contribution in [-0.4, -0.2) is 35.0 Å². The first-order valence-corrected chi connectivity index (χ1v) is 6.57. The summed E-state index contributed by atoms with van der Waals surface area (Å²) >= 11 is 0. The Morgan fingerprint density at radius 2 is 2.26 bits per heavy atom. The lowest BCUT2D eigenvalue weighted by Gasteiger charge is -2.23. The van der Waals surface area contributed by atoms with Crippen LogP contribution in [0.2, 0.25) is 0 Å². The summed E-state index contributed by atoms with van der Waals surface area (Å²) in [5, 5.41) is 19.6. The van der Waals surface area contributed by atoms with E-state index in [9.17, 15) is 15.0 Å². The van der Waals surface area contributed by atoms with Crippen molar-refractivity contribution in [3.63, 3.8) is 0 Å². The summed E-state index contributed by atoms with van der Waals surface area (Å²) < 4.78 is 5.26. The number of fused-ring (bicyclic) bond motifs is 1. The number of carbonyl (C=O) groups excluding carboxylic acids is 1. The lowest BCUT2D eigenvalue weighted by atomic mass is 9.85. The van der Waals surface area contributed by atoms with E-state index < -0.39 is 24.1 Å². The van der Waals surface area contributed by atoms with Crippen LogP contribution in [0, 0.1) is 5.92 Å². The van der Waals surface area contributed by atoms with Crippen molar-refractivity contribution < 1.29 is 19.7 Å². The van der Waals surface area contributed by atoms with Crippen molar-refractivity contribution in [2.45, 2.75) is 38.4 Å². The Kier molecular flexibility index (Phi) is 4.22. The van der Waals surface area contributed by atoms with Crippen molar-refractivity contribution in [1.82, 2.24) is 0 Å². The van der Waals surface area contributed by atoms with Gasteiger partial charge in [0, 0.05) is 5.57 Å². The van der Waals surface area contributed by atoms with E-state index in [0.717, 1.165) is 24.0 Å². The third kappa shape index (κ3) is 2.96. The quantitative estimate of drug-likeness (QED) is 0.428. The van der Waals surface area contributed by atoms with E-state index in [1.165, 1.54) is 0 Å². The molecule has 2 N–H and O–H groups in total. The molecule has 3 unspecified atom stereocenters. The van der Waals surface area contributed by atoms with E-state index in [4.69, 9.17) is 4.74 Å². The van der Waals surface area contributed by atoms with Gasteiger partial charge in [0.15, 0.2) is 0 Å². The van der Waals surface area contributed by atoms with Crippen LogP contribution in [0.25, 0.3) is 0 Å². The molecule has 1 fully saturated rings. The second-order valence-corrected chi connectivity index (χ2v) is 5.26. The Morgan fingerprint density at radius 1 is 1.53 bits per heavy atom. The van der Waals surface area contributed by atoms with E-state index in [1.807, 2.05) is 19.1 Å². The van der Waals surface area contributed by atoms with E-state index in [1.54, 1.807) is 0 Å². The van der Waals surface area contributed by atoms with Crippen molar-refractivity contribution in [1.29, 1.82) is 0 Å². The SMILES string of the molecule is C=C1C(=O)OC2/C=C(\C)CC/C=C(\CO)CC(O)C12. The first-order valence-electron chi connectivity index (χ1n) is 6.57. The van der Waals surface area contributed by atoms with Gasteiger partial charge in [0.25, 0.3) is 0 Å². The first kappa shape index (κ1) is 14.0. The molecule has 0 aromatic carbocycles. The molecule has 1 aliphatic heterocycles. The summed E-state index contributed by atoms with van der Waals surface area (Å²) in [6.07, 6.45) is 4.69. The van der Waals surface area contributed by atoms with Crippen LogP contribution in [0.5, 0.6) is 0 Å². The summed E-state index contributed by atoms with van der Waals surface area (Å²) in [5.41, 5.74) is 2.23. The highest BCUT2D eigenvalue weighted by Gasteiger charge is 2.42. The standard InChI is InChI=1S/C15H20O4/c1-9-4-3-5-11(8-16)7-12(17)14-10(2)15(18)19-13(14)6-9/h5-6,12-14,16-17H,2-4,7-8H2,1H3/b9-6+,11-5-. The lowest BCUT2D eigenvalue weighted by molar-refractivity contribution is -0.137. The molecule has 2 aliphatic rings. The number of ether oxygens (including phenoxy) is 1. The highest BCUT2D eigenvalue weighted by Crippen LogP contribution is 2.34. The normalized spacial score (nSPS) is 37.7. The van der Waals surface area contributed by atoms with Gasteiger partial charge < -0.3 is 14.9 Å². The minimum atomic E-state index is -0.760. The van der Waals surface area contributed by atoms with Gasteiger partial charge in [-0.2, -0.15) is 0 Å². The zero-order chi connectivity index (χ0) is 14.0. The van der Waals surface area contributed by atoms with Crippen LogP contribution in [0.3, 0.4) is 0 Å². The van der Waals surface area contributed by atoms with Gasteiger partial charge in [-0.25, -0.2) is 4.79 Å². The predicted octanol–water partition coefficient (Wildman–Crippen LogP) is 1.49. The molecular weight excluding hydrogens is 244 g/mol. The molecule has 0 aromatic rings. The molecule has 19 heavy (non-hydrogen) atoms. The summed E-state index contributed by atoms with van der Waals surface area (Å²) in [4.78, 5) is 11.6. The molecule has 0 bridgehead atoms. The van der Waals surface area contributed by atoms with Gasteiger partial charge in [-0.05, 0) is 37.8 Å². The second-order valence-electron chi connectivity index (χ2n) is 5.26. The van der Waals surface area contributed by atoms with Crippen molar-refractivity contribution >= 4 is 5.97 Å². The summed E-state index contributed by atoms with van der Waals surface area (Å²) in [6, 6.07) is 0. The van der Waals surface area contributed by atoms with Crippen molar-refractivity contribution in [3.8, 4) is 0 Å². The van der Waals surface area contributed by atoms with Gasteiger partial charge in [0.1, 0.15) is 6.10 Å². The fourth-order valence-electron chi connectivity index (χ4n) is 2.67. The van der Waals surface area contributed by atoms with Crippen molar-refractivity contribution in [2.24, 2.45) is 5.92 Å². The number of esters is 1. The first-order chi connectivity index (χ1) is 9.02. The second kappa shape index (κ2) is 5.72. The topological polar surface area (TPSA) is 66.8 Å². The zero-order valence-corrected chi connectivity index (χ0v) is 11.1. The molecule has 0 aromatic heterocycles. The Hall–Kier alpha value is -1.39. The average Bonchev–Trinajstić information content (AvgIpc) is 2.63. The average molecular weight is 264 g/mol. The highest BCUT2D eigenvalue weighted by atomic mass is 16.6. The van der Waals surface area contributed by atoms with Crippen molar-refractivity contribution in [3.05, 3.63) is 35.5 Å². The fraction of sp³-hybridized carbons (Fsp3) is 0.533. The number of hydrogen-bond donors (Lipinski definition) is 2. The number of rotatable bonds is 1. The molecule has 1 saturated heterocycles. The molecule has 4 heteroatoms. The molecule has 0 spiro atoms. The molecule has 0 radical (unpaired) electrons. The van der Waals surface area contributed by atoms with Gasteiger partial charge in [-0.1, -0.05) is 18.2 Å². The monoisotopic (exact) mass is 264 g/mol. The van der Waals surface area contributed by atoms with Crippen LogP contribution in [0.4, 0.5) is 0 Å². The molecule has 1 aliphatic carbocycles. The van der Waals surface area contributed by atoms with Crippen LogP contribution in [0.15, 0.2) is 35.5 Å². The molecule has 3 atom stereocenters. The summed E-state index contributed by atoms with van der Waals surface area (Å²) in [6.45, 7) is 5.63. The molecule has 4 nitrogen and oxygen atoms in total. The maximum Gasteiger partial charge on any atom is 0.334 e. The molecule has 1 heterocycles. The van der Waals surface area contributed by atoms with Crippen LogP contribution in [-0.2, 0) is 9.53 Å². The number of aliphatic hydroxyl groups is 2. The molecule has 2 rings (SSSR count). The van der Waals surface area contributed by atoms with Gasteiger partial charge in [-0.3, -0.25) is 0 Å². The number of hydrogen-bond acceptors (Lipinski definition) is 4. The van der Waals surface area contributed by atoms with Crippen LogP contribution >= 0.6 is 0 Å². The van der Waals surface area contributed by atoms with Crippen LogP contribution in [0.1, 0.15) is 26.2 Å². The van der Waals surface area contributed by atoms with Crippen molar-refractivity contribution in [2.75, 3.05) is 6.61 Å². The Morgan fingerprint density at radius 3 is 2.95 bits per heavy atom. The minimum Gasteiger partial charge on any atom is -0.454 e. The van der Waals surface area contributed by atoms with E-state index in [-0.39, 0.29) is 6.61 Å². The van der Waals surface area contributed by atoms with Crippen LogP contribution < -0.4 is 0 Å². The lowest BCUT2D eigenvalue weighted by Crippen LogP contribution is -2.29. The molecular formula is C15H20O4. The Bertz CT molecular complexity index is 447. The summed E-state index contributed by atoms with van der Waals surface area (Å²) in [5.74, 6) is -0.859. The number of aliphatic hydroxyl groups excluding tert-OH is 2. The Labute approximate surface area is 113 Å². The maximum absolute atomic E-state index is 11.6. The largest absolute Gasteiger partial charge is 0.454 e. The summed E-state index contributed by atoms with van der Waals surface area (Å²) in [7, 11) is 0. The maximum atomic E-state index is 11.6. The van der Waals surface area contributed by atoms with E-state index in [0.29, 0.717) is 12.0 Å². The minimum absolute atomic E-state index is 0.0709. The van der Waals surface area contributed by atoms with E-state index in [2.05, 4.69) is 6.58 Å². The van der Waals surface area contributed by atoms with Gasteiger partial charge in [-0.15, -0.1) is 0 Å². The third-order valence-electron chi connectivity index (χ3n) is 3.77. The molecule has 0 saturated carbocycles. The predicted molar refractivity (Wildman–Crippen MR) is 71.3 cm³/mol. The van der Waals surface area contributed by atoms with Gasteiger partial charge in [0.05, 0.1) is 18.6 Å². The molecule has 0 amide bonds. The zero-order valence-electron chi connectivity index (χ0n) is 11.1. The number of carbonyl (C=O) groups is 1. The highest BCUT2D eigenvalue weighted by molar-refractivity contribution is 5.91. The van der Waals surface area contributed by atoms with E-state index >= 15 is 0 Å². The fourth-order valence-corrected chi connectivity index (χ4v) is 2.67. The van der Waals surface area contributed by atoms with Gasteiger partial charge >= 0.3 is 5.97 Å². The Balaban J connectivity index is 2.32. The molecule has 104 valence electrons.